The first kappa shape index (κ1) is 17.9. The van der Waals surface area contributed by atoms with Crippen molar-refractivity contribution in [1.82, 2.24) is 15.0 Å². The van der Waals surface area contributed by atoms with E-state index in [1.807, 2.05) is 35.7 Å². The molecule has 5 rings (SSSR count). The highest BCUT2D eigenvalue weighted by Crippen LogP contribution is 2.35. The summed E-state index contributed by atoms with van der Waals surface area (Å²) in [6.45, 7) is 0.383. The molecule has 7 heteroatoms. The number of nitrogens with one attached hydrogen (secondary N) is 2. The molecule has 4 aromatic rings. The van der Waals surface area contributed by atoms with Crippen LogP contribution in [0.25, 0.3) is 11.0 Å². The van der Waals surface area contributed by atoms with Gasteiger partial charge in [-0.25, -0.2) is 9.97 Å². The number of aromatic amines is 1. The molecular weight excluding hydrogens is 384 g/mol. The molecule has 0 bridgehead atoms. The Morgan fingerprint density at radius 1 is 1.24 bits per heavy atom. The molecule has 0 unspecified atom stereocenters. The van der Waals surface area contributed by atoms with E-state index >= 15 is 0 Å². The Kier molecular flexibility index (Phi) is 4.73. The van der Waals surface area contributed by atoms with Gasteiger partial charge in [-0.1, -0.05) is 12.5 Å². The van der Waals surface area contributed by atoms with Crippen molar-refractivity contribution >= 4 is 34.0 Å². The first-order chi connectivity index (χ1) is 14.2. The number of hydrogen-bond donors (Lipinski definition) is 2. The van der Waals surface area contributed by atoms with Crippen molar-refractivity contribution < 1.29 is 9.53 Å². The molecule has 2 N–H and O–H groups in total. The van der Waals surface area contributed by atoms with E-state index in [1.165, 1.54) is 30.6 Å². The molecule has 1 saturated carbocycles. The monoisotopic (exact) mass is 404 g/mol. The SMILES string of the molecule is O=C(Nc1ccc2nc(C3CCC3)[nH]c2c1)c1cccc(OCc2cscn2)c1. The van der Waals surface area contributed by atoms with Crippen LogP contribution in [0.1, 0.15) is 47.1 Å². The van der Waals surface area contributed by atoms with Crippen LogP contribution in [0, 0.1) is 0 Å². The summed E-state index contributed by atoms with van der Waals surface area (Å²) in [5, 5.41) is 4.90. The van der Waals surface area contributed by atoms with Gasteiger partial charge in [-0.15, -0.1) is 11.3 Å². The lowest BCUT2D eigenvalue weighted by Gasteiger charge is -2.22. The highest BCUT2D eigenvalue weighted by atomic mass is 32.1. The Morgan fingerprint density at radius 2 is 2.17 bits per heavy atom. The van der Waals surface area contributed by atoms with E-state index in [9.17, 15) is 4.79 Å². The second-order valence-corrected chi connectivity index (χ2v) is 7.95. The second kappa shape index (κ2) is 7.67. The van der Waals surface area contributed by atoms with Crippen LogP contribution < -0.4 is 10.1 Å². The summed E-state index contributed by atoms with van der Waals surface area (Å²) in [5.41, 5.74) is 5.81. The number of aromatic nitrogens is 3. The summed E-state index contributed by atoms with van der Waals surface area (Å²) in [7, 11) is 0. The number of fused-ring (bicyclic) bond motifs is 1. The molecule has 2 heterocycles. The van der Waals surface area contributed by atoms with Gasteiger partial charge in [0.1, 0.15) is 18.2 Å². The Morgan fingerprint density at radius 3 is 2.97 bits per heavy atom. The summed E-state index contributed by atoms with van der Waals surface area (Å²) in [6, 6.07) is 12.9. The molecule has 0 radical (unpaired) electrons. The molecule has 0 aliphatic heterocycles. The fraction of sp³-hybridized carbons (Fsp3) is 0.227. The lowest BCUT2D eigenvalue weighted by molar-refractivity contribution is 0.102. The number of hydrogen-bond acceptors (Lipinski definition) is 5. The molecule has 2 aromatic carbocycles. The van der Waals surface area contributed by atoms with Gasteiger partial charge in [0.25, 0.3) is 5.91 Å². The van der Waals surface area contributed by atoms with Crippen molar-refractivity contribution in [3.63, 3.8) is 0 Å². The average molecular weight is 404 g/mol. The number of imidazole rings is 1. The van der Waals surface area contributed by atoms with Crippen LogP contribution in [-0.4, -0.2) is 20.9 Å². The Bertz CT molecular complexity index is 1150. The summed E-state index contributed by atoms with van der Waals surface area (Å²) < 4.78 is 5.74. The number of benzene rings is 2. The van der Waals surface area contributed by atoms with Gasteiger partial charge in [0.15, 0.2) is 0 Å². The van der Waals surface area contributed by atoms with E-state index in [-0.39, 0.29) is 5.91 Å². The van der Waals surface area contributed by atoms with Gasteiger partial charge in [-0.05, 0) is 49.2 Å². The van der Waals surface area contributed by atoms with E-state index < -0.39 is 0 Å². The molecule has 0 saturated heterocycles. The van der Waals surface area contributed by atoms with Gasteiger partial charge in [0.2, 0.25) is 0 Å². The number of anilines is 1. The van der Waals surface area contributed by atoms with Gasteiger partial charge in [0, 0.05) is 22.5 Å². The number of ether oxygens (including phenoxy) is 1. The molecule has 1 amide bonds. The third-order valence-electron chi connectivity index (χ3n) is 5.22. The maximum absolute atomic E-state index is 12.7. The fourth-order valence-electron chi connectivity index (χ4n) is 3.38. The van der Waals surface area contributed by atoms with Crippen molar-refractivity contribution in [2.75, 3.05) is 5.32 Å². The number of H-pyrrole nitrogens is 1. The van der Waals surface area contributed by atoms with E-state index in [1.54, 1.807) is 17.6 Å². The highest BCUT2D eigenvalue weighted by molar-refractivity contribution is 7.07. The molecular formula is C22H20N4O2S. The van der Waals surface area contributed by atoms with E-state index in [0.717, 1.165) is 28.2 Å². The topological polar surface area (TPSA) is 79.9 Å². The predicted molar refractivity (Wildman–Crippen MR) is 114 cm³/mol. The Hall–Kier alpha value is -3.19. The predicted octanol–water partition coefficient (Wildman–Crippen LogP) is 5.12. The quantitative estimate of drug-likeness (QED) is 0.467. The van der Waals surface area contributed by atoms with Crippen LogP contribution in [0.4, 0.5) is 5.69 Å². The number of nitrogens with zero attached hydrogens (tertiary/aromatic N) is 2. The minimum Gasteiger partial charge on any atom is -0.487 e. The fourth-order valence-corrected chi connectivity index (χ4v) is 3.92. The second-order valence-electron chi connectivity index (χ2n) is 7.23. The first-order valence-electron chi connectivity index (χ1n) is 9.65. The molecule has 2 aromatic heterocycles. The van der Waals surface area contributed by atoms with Crippen molar-refractivity contribution in [2.45, 2.75) is 31.8 Å². The smallest absolute Gasteiger partial charge is 0.255 e. The minimum absolute atomic E-state index is 0.179. The Balaban J connectivity index is 1.28. The lowest BCUT2D eigenvalue weighted by atomic mass is 9.85. The standard InChI is InChI=1S/C22H20N4O2S/c27-22(15-5-2-6-18(9-15)28-11-17-12-29-13-23-17)24-16-7-8-19-20(10-16)26-21(25-19)14-3-1-4-14/h2,5-10,12-14H,1,3-4,11H2,(H,24,27)(H,25,26). The lowest BCUT2D eigenvalue weighted by Crippen LogP contribution is -2.12. The maximum atomic E-state index is 12.7. The summed E-state index contributed by atoms with van der Waals surface area (Å²) >= 11 is 1.53. The molecule has 146 valence electrons. The van der Waals surface area contributed by atoms with Gasteiger partial charge < -0.3 is 15.0 Å². The van der Waals surface area contributed by atoms with Crippen LogP contribution in [0.3, 0.4) is 0 Å². The third-order valence-corrected chi connectivity index (χ3v) is 5.85. The van der Waals surface area contributed by atoms with Crippen molar-refractivity contribution in [2.24, 2.45) is 0 Å². The van der Waals surface area contributed by atoms with Gasteiger partial charge in [0.05, 0.1) is 22.2 Å². The van der Waals surface area contributed by atoms with Crippen LogP contribution >= 0.6 is 11.3 Å². The summed E-state index contributed by atoms with van der Waals surface area (Å²) in [4.78, 5) is 25.0. The largest absolute Gasteiger partial charge is 0.487 e. The van der Waals surface area contributed by atoms with E-state index in [2.05, 4.69) is 20.3 Å². The zero-order valence-electron chi connectivity index (χ0n) is 15.7. The van der Waals surface area contributed by atoms with Crippen molar-refractivity contribution in [3.8, 4) is 5.75 Å². The molecule has 0 atom stereocenters. The van der Waals surface area contributed by atoms with Crippen LogP contribution in [0.15, 0.2) is 53.4 Å². The molecule has 0 spiro atoms. The highest BCUT2D eigenvalue weighted by Gasteiger charge is 2.22. The van der Waals surface area contributed by atoms with Crippen molar-refractivity contribution in [1.29, 1.82) is 0 Å². The van der Waals surface area contributed by atoms with Crippen LogP contribution in [-0.2, 0) is 6.61 Å². The normalized spacial score (nSPS) is 13.9. The van der Waals surface area contributed by atoms with E-state index in [4.69, 9.17) is 4.74 Å². The van der Waals surface area contributed by atoms with Crippen LogP contribution in [0.5, 0.6) is 5.75 Å². The summed E-state index contributed by atoms with van der Waals surface area (Å²) in [5.74, 6) is 2.06. The number of carbonyl (C=O) groups is 1. The zero-order valence-corrected chi connectivity index (χ0v) is 16.5. The first-order valence-corrected chi connectivity index (χ1v) is 10.6. The number of carbonyl (C=O) groups excluding carboxylic acids is 1. The van der Waals surface area contributed by atoms with E-state index in [0.29, 0.717) is 23.8 Å². The molecule has 1 fully saturated rings. The molecule has 1 aliphatic carbocycles. The third kappa shape index (κ3) is 3.86. The van der Waals surface area contributed by atoms with Crippen molar-refractivity contribution in [3.05, 3.63) is 70.4 Å². The molecule has 1 aliphatic rings. The Labute approximate surface area is 172 Å². The van der Waals surface area contributed by atoms with Gasteiger partial charge >= 0.3 is 0 Å². The maximum Gasteiger partial charge on any atom is 0.255 e. The minimum atomic E-state index is -0.179. The zero-order chi connectivity index (χ0) is 19.6. The van der Waals surface area contributed by atoms with Crippen LogP contribution in [0.2, 0.25) is 0 Å². The summed E-state index contributed by atoms with van der Waals surface area (Å²) in [6.07, 6.45) is 3.67. The molecule has 29 heavy (non-hydrogen) atoms. The van der Waals surface area contributed by atoms with Gasteiger partial charge in [-0.2, -0.15) is 0 Å². The number of amides is 1. The number of rotatable bonds is 6. The average Bonchev–Trinajstić information content (AvgIpc) is 3.34. The molecule has 6 nitrogen and oxygen atoms in total. The van der Waals surface area contributed by atoms with Gasteiger partial charge in [-0.3, -0.25) is 4.79 Å². The number of thiazole rings is 1.